The van der Waals surface area contributed by atoms with Gasteiger partial charge in [-0.05, 0) is 67.3 Å². The summed E-state index contributed by atoms with van der Waals surface area (Å²) in [6.45, 7) is 1.93. The molecule has 4 nitrogen and oxygen atoms in total. The highest BCUT2D eigenvalue weighted by molar-refractivity contribution is 9.10. The van der Waals surface area contributed by atoms with Crippen molar-refractivity contribution < 1.29 is 4.74 Å². The molecule has 2 N–H and O–H groups in total. The van der Waals surface area contributed by atoms with Gasteiger partial charge in [-0.1, -0.05) is 33.6 Å². The number of rotatable bonds is 3. The molecule has 140 valence electrons. The van der Waals surface area contributed by atoms with Gasteiger partial charge in [-0.2, -0.15) is 5.26 Å². The molecule has 0 saturated carbocycles. The molecule has 4 rings (SSSR count). The zero-order valence-corrected chi connectivity index (χ0v) is 17.2. The van der Waals surface area contributed by atoms with Gasteiger partial charge < -0.3 is 10.5 Å². The molecule has 2 aliphatic rings. The van der Waals surface area contributed by atoms with Crippen LogP contribution >= 0.6 is 27.5 Å². The van der Waals surface area contributed by atoms with Crippen LogP contribution in [0.25, 0.3) is 0 Å². The number of ether oxygens (including phenoxy) is 1. The number of benzene rings is 2. The predicted octanol–water partition coefficient (Wildman–Crippen LogP) is 4.44. The van der Waals surface area contributed by atoms with Crippen molar-refractivity contribution in [3.8, 4) is 11.8 Å². The third kappa shape index (κ3) is 3.86. The summed E-state index contributed by atoms with van der Waals surface area (Å²) in [5, 5.41) is 9.52. The maximum Gasteiger partial charge on any atom is 0.140 e. The van der Waals surface area contributed by atoms with Crippen molar-refractivity contribution in [1.82, 2.24) is 4.90 Å². The standard InChI is InChI=1S/C21H21BrClN3O/c22-15-4-5-17-14(9-15)10-19(26-7-1-2-16(25)12-26)21(17)27-20-6-3-13(11-24)8-18(20)23/h3-6,8-9,16,19,21H,1-2,7,10,12,25H2/t16-,19-,21-/m1/s1. The second-order valence-electron chi connectivity index (χ2n) is 7.31. The van der Waals surface area contributed by atoms with E-state index in [9.17, 15) is 0 Å². The fourth-order valence-electron chi connectivity index (χ4n) is 4.18. The SMILES string of the molecule is N#Cc1ccc(O[C@@H]2c3ccc(Br)cc3C[C@H]2N2CCC[C@@H](N)C2)c(Cl)c1. The second kappa shape index (κ2) is 7.81. The third-order valence-electron chi connectivity index (χ3n) is 5.46. The Bertz CT molecular complexity index is 897. The number of hydrogen-bond donors (Lipinski definition) is 1. The summed E-state index contributed by atoms with van der Waals surface area (Å²) in [6.07, 6.45) is 3.01. The van der Waals surface area contributed by atoms with Crippen LogP contribution in [0.3, 0.4) is 0 Å². The van der Waals surface area contributed by atoms with Crippen LogP contribution in [0.2, 0.25) is 5.02 Å². The van der Waals surface area contributed by atoms with E-state index in [4.69, 9.17) is 27.3 Å². The summed E-state index contributed by atoms with van der Waals surface area (Å²) in [7, 11) is 0. The molecule has 2 aromatic rings. The van der Waals surface area contributed by atoms with E-state index >= 15 is 0 Å². The smallest absolute Gasteiger partial charge is 0.140 e. The van der Waals surface area contributed by atoms with Crippen molar-refractivity contribution in [2.24, 2.45) is 5.73 Å². The monoisotopic (exact) mass is 445 g/mol. The number of halogens is 2. The van der Waals surface area contributed by atoms with Gasteiger partial charge in [0.15, 0.2) is 0 Å². The molecule has 1 fully saturated rings. The van der Waals surface area contributed by atoms with Crippen molar-refractivity contribution in [2.45, 2.75) is 37.5 Å². The number of piperidine rings is 1. The first kappa shape index (κ1) is 18.8. The number of nitrogens with two attached hydrogens (primary N) is 1. The van der Waals surface area contributed by atoms with E-state index in [0.717, 1.165) is 36.8 Å². The van der Waals surface area contributed by atoms with Crippen LogP contribution in [0, 0.1) is 11.3 Å². The first-order valence-corrected chi connectivity index (χ1v) is 10.4. The molecular weight excluding hydrogens is 426 g/mol. The van der Waals surface area contributed by atoms with Gasteiger partial charge in [0, 0.05) is 17.1 Å². The van der Waals surface area contributed by atoms with Crippen LogP contribution in [-0.4, -0.2) is 30.1 Å². The van der Waals surface area contributed by atoms with Crippen molar-refractivity contribution in [3.63, 3.8) is 0 Å². The van der Waals surface area contributed by atoms with E-state index in [1.165, 1.54) is 11.1 Å². The van der Waals surface area contributed by atoms with Gasteiger partial charge in [-0.3, -0.25) is 4.90 Å². The molecule has 0 spiro atoms. The summed E-state index contributed by atoms with van der Waals surface area (Å²) in [5.74, 6) is 0.614. The highest BCUT2D eigenvalue weighted by Crippen LogP contribution is 2.41. The van der Waals surface area contributed by atoms with Crippen LogP contribution in [-0.2, 0) is 6.42 Å². The maximum absolute atomic E-state index is 9.06. The fourth-order valence-corrected chi connectivity index (χ4v) is 4.81. The summed E-state index contributed by atoms with van der Waals surface area (Å²) >= 11 is 9.96. The van der Waals surface area contributed by atoms with Crippen LogP contribution < -0.4 is 10.5 Å². The minimum absolute atomic E-state index is 0.108. The van der Waals surface area contributed by atoms with Crippen molar-refractivity contribution >= 4 is 27.5 Å². The first-order chi connectivity index (χ1) is 13.0. The molecule has 2 aromatic carbocycles. The number of nitriles is 1. The molecular formula is C21H21BrClN3O. The zero-order valence-electron chi connectivity index (χ0n) is 14.9. The van der Waals surface area contributed by atoms with Gasteiger partial charge in [0.1, 0.15) is 11.9 Å². The summed E-state index contributed by atoms with van der Waals surface area (Å²) in [4.78, 5) is 2.46. The zero-order chi connectivity index (χ0) is 19.0. The van der Waals surface area contributed by atoms with E-state index < -0.39 is 0 Å². The molecule has 27 heavy (non-hydrogen) atoms. The molecule has 0 radical (unpaired) electrons. The van der Waals surface area contributed by atoms with Gasteiger partial charge in [0.2, 0.25) is 0 Å². The molecule has 1 heterocycles. The molecule has 3 atom stereocenters. The summed E-state index contributed by atoms with van der Waals surface area (Å²) in [6, 6.07) is 14.1. The van der Waals surface area contributed by atoms with E-state index in [0.29, 0.717) is 16.3 Å². The largest absolute Gasteiger partial charge is 0.482 e. The highest BCUT2D eigenvalue weighted by Gasteiger charge is 2.39. The highest BCUT2D eigenvalue weighted by atomic mass is 79.9. The van der Waals surface area contributed by atoms with E-state index in [2.05, 4.69) is 45.1 Å². The first-order valence-electron chi connectivity index (χ1n) is 9.19. The lowest BCUT2D eigenvalue weighted by molar-refractivity contribution is 0.0594. The molecule has 6 heteroatoms. The number of hydrogen-bond acceptors (Lipinski definition) is 4. The van der Waals surface area contributed by atoms with Crippen LogP contribution in [0.5, 0.6) is 5.75 Å². The summed E-state index contributed by atoms with van der Waals surface area (Å²) in [5.41, 5.74) is 9.26. The van der Waals surface area contributed by atoms with Gasteiger partial charge in [0.05, 0.1) is 22.7 Å². The Labute approximate surface area is 173 Å². The molecule has 0 aromatic heterocycles. The molecule has 1 aliphatic heterocycles. The minimum atomic E-state index is -0.108. The predicted molar refractivity (Wildman–Crippen MR) is 110 cm³/mol. The lowest BCUT2D eigenvalue weighted by Gasteiger charge is -2.38. The third-order valence-corrected chi connectivity index (χ3v) is 6.25. The van der Waals surface area contributed by atoms with Crippen molar-refractivity contribution in [2.75, 3.05) is 13.1 Å². The Morgan fingerprint density at radius 3 is 2.85 bits per heavy atom. The summed E-state index contributed by atoms with van der Waals surface area (Å²) < 4.78 is 7.51. The lowest BCUT2D eigenvalue weighted by atomic mass is 10.0. The van der Waals surface area contributed by atoms with E-state index in [-0.39, 0.29) is 18.2 Å². The number of nitrogens with zero attached hydrogens (tertiary/aromatic N) is 2. The van der Waals surface area contributed by atoms with Gasteiger partial charge in [-0.25, -0.2) is 0 Å². The quantitative estimate of drug-likeness (QED) is 0.757. The Hall–Kier alpha value is -1.58. The van der Waals surface area contributed by atoms with Crippen molar-refractivity contribution in [1.29, 1.82) is 5.26 Å². The van der Waals surface area contributed by atoms with Crippen molar-refractivity contribution in [3.05, 3.63) is 62.6 Å². The topological polar surface area (TPSA) is 62.3 Å². The van der Waals surface area contributed by atoms with Gasteiger partial charge in [0.25, 0.3) is 0 Å². The Kier molecular flexibility index (Phi) is 5.43. The van der Waals surface area contributed by atoms with E-state index in [1.54, 1.807) is 18.2 Å². The Morgan fingerprint density at radius 2 is 2.11 bits per heavy atom. The molecule has 1 aliphatic carbocycles. The Balaban J connectivity index is 1.66. The molecule has 0 unspecified atom stereocenters. The molecule has 1 saturated heterocycles. The van der Waals surface area contributed by atoms with Crippen LogP contribution in [0.1, 0.15) is 35.6 Å². The van der Waals surface area contributed by atoms with Gasteiger partial charge >= 0.3 is 0 Å². The molecule has 0 bridgehead atoms. The number of fused-ring (bicyclic) bond motifs is 1. The minimum Gasteiger partial charge on any atom is -0.482 e. The van der Waals surface area contributed by atoms with Crippen LogP contribution in [0.4, 0.5) is 0 Å². The Morgan fingerprint density at radius 1 is 1.26 bits per heavy atom. The fraction of sp³-hybridized carbons (Fsp3) is 0.381. The molecule has 0 amide bonds. The average Bonchev–Trinajstić information content (AvgIpc) is 3.00. The van der Waals surface area contributed by atoms with Crippen LogP contribution in [0.15, 0.2) is 40.9 Å². The maximum atomic E-state index is 9.06. The average molecular weight is 447 g/mol. The van der Waals surface area contributed by atoms with E-state index in [1.807, 2.05) is 0 Å². The normalized spacial score (nSPS) is 25.0. The van der Waals surface area contributed by atoms with Gasteiger partial charge in [-0.15, -0.1) is 0 Å². The number of likely N-dealkylation sites (tertiary alicyclic amines) is 1. The second-order valence-corrected chi connectivity index (χ2v) is 8.63. The lowest BCUT2D eigenvalue weighted by Crippen LogP contribution is -2.49.